The first kappa shape index (κ1) is 48.2. The van der Waals surface area contributed by atoms with Gasteiger partial charge < -0.3 is 9.13 Å². The van der Waals surface area contributed by atoms with Gasteiger partial charge in [0.15, 0.2) is 0 Å². The van der Waals surface area contributed by atoms with Gasteiger partial charge in [-0.05, 0) is 134 Å². The highest BCUT2D eigenvalue weighted by Gasteiger charge is 2.40. The van der Waals surface area contributed by atoms with Crippen LogP contribution in [0.5, 0.6) is 0 Å². The summed E-state index contributed by atoms with van der Waals surface area (Å²) >= 11 is 0. The van der Waals surface area contributed by atoms with Gasteiger partial charge in [0.25, 0.3) is 0 Å². The number of hydrogen-bond donors (Lipinski definition) is 0. The molecule has 0 radical (unpaired) electrons. The molecule has 0 spiro atoms. The monoisotopic (exact) mass is 945 g/mol. The van der Waals surface area contributed by atoms with Crippen molar-refractivity contribution in [2.45, 2.75) is 117 Å². The summed E-state index contributed by atoms with van der Waals surface area (Å²) in [5.41, 5.74) is 5.14. The minimum Gasteiger partial charge on any atom is -0.309 e. The Labute approximate surface area is 406 Å². The first-order valence-electron chi connectivity index (χ1n) is 23.6. The average molecular weight is 946 g/mol. The van der Waals surface area contributed by atoms with Crippen molar-refractivity contribution < 1.29 is 26.3 Å². The first-order chi connectivity index (χ1) is 32.5. The van der Waals surface area contributed by atoms with E-state index in [1.54, 1.807) is 18.2 Å². The van der Waals surface area contributed by atoms with Gasteiger partial charge in [-0.15, -0.1) is 0 Å². The lowest BCUT2D eigenvalue weighted by Crippen LogP contribution is -2.13. The molecule has 70 heavy (non-hydrogen) atoms. The highest BCUT2D eigenvalue weighted by molar-refractivity contribution is 6.13. The van der Waals surface area contributed by atoms with Crippen LogP contribution in [0.4, 0.5) is 26.3 Å². The summed E-state index contributed by atoms with van der Waals surface area (Å²) in [5, 5.41) is 15.0. The molecule has 0 bridgehead atoms. The molecule has 0 fully saturated rings. The van der Waals surface area contributed by atoms with E-state index >= 15 is 13.2 Å². The van der Waals surface area contributed by atoms with Crippen LogP contribution in [0.25, 0.3) is 77.2 Å². The molecule has 0 amide bonds. The highest BCUT2D eigenvalue weighted by Crippen LogP contribution is 2.50. The number of benzene rings is 7. The summed E-state index contributed by atoms with van der Waals surface area (Å²) in [6, 6.07) is 39.7. The van der Waals surface area contributed by atoms with E-state index in [0.717, 1.165) is 71.9 Å². The van der Waals surface area contributed by atoms with Gasteiger partial charge in [-0.3, -0.25) is 0 Å². The summed E-state index contributed by atoms with van der Waals surface area (Å²) in [5.74, 6) is 0. The van der Waals surface area contributed by atoms with Crippen LogP contribution >= 0.6 is 0 Å². The Morgan fingerprint density at radius 3 is 1.07 bits per heavy atom. The fourth-order valence-electron chi connectivity index (χ4n) is 9.92. The van der Waals surface area contributed by atoms with Crippen molar-refractivity contribution in [1.82, 2.24) is 9.13 Å². The molecule has 2 heterocycles. The van der Waals surface area contributed by atoms with Crippen LogP contribution in [0.1, 0.15) is 122 Å². The number of hydrogen-bond acceptors (Lipinski definition) is 1. The fraction of sp³-hybridized carbons (Fsp3) is 0.295. The SMILES string of the molecule is CC(C)(C)c1ccc2c(c1)c1cc(C(C)(C)C)ccc1n2-c1cccc(C#N)c1-c1c(-c2ccc(C(F)(F)F)cc2C(F)(F)F)cccc1-n1c2ccc(C(C)(C)C)cc2c2cc(C(C)(C)C)ccc21. The van der Waals surface area contributed by atoms with Crippen molar-refractivity contribution in [2.24, 2.45) is 0 Å². The Hall–Kier alpha value is -6.79. The standard InChI is InChI=1S/C61H57F6N3/c1-56(2,3)36-20-25-48-43(29-36)44-30-37(57(4,5)6)21-26-49(44)69(48)52-17-13-15-35(34-68)54(52)55-42(41-24-19-40(60(62,63)64)33-47(41)61(65,66)67)16-14-18-53(55)70-50-27-22-38(58(7,8)9)31-45(50)46-32-39(59(10,11)12)23-28-51(46)70/h13-33H,1-12H3. The zero-order chi connectivity index (χ0) is 50.8. The Balaban J connectivity index is 1.50. The Morgan fingerprint density at radius 2 is 0.729 bits per heavy atom. The Bertz CT molecular complexity index is 3470. The molecule has 358 valence electrons. The quantitative estimate of drug-likeness (QED) is 0.162. The Morgan fingerprint density at radius 1 is 0.371 bits per heavy atom. The maximum Gasteiger partial charge on any atom is 0.417 e. The van der Waals surface area contributed by atoms with Gasteiger partial charge in [-0.1, -0.05) is 132 Å². The van der Waals surface area contributed by atoms with Crippen LogP contribution < -0.4 is 0 Å². The Kier molecular flexibility index (Phi) is 11.1. The van der Waals surface area contributed by atoms with E-state index in [2.05, 4.69) is 154 Å². The summed E-state index contributed by atoms with van der Waals surface area (Å²) in [6.45, 7) is 25.8. The van der Waals surface area contributed by atoms with Gasteiger partial charge in [0.2, 0.25) is 0 Å². The third-order valence-electron chi connectivity index (χ3n) is 13.9. The van der Waals surface area contributed by atoms with Crippen LogP contribution in [0.2, 0.25) is 0 Å². The van der Waals surface area contributed by atoms with E-state index in [0.29, 0.717) is 23.0 Å². The number of nitrogens with zero attached hydrogens (tertiary/aromatic N) is 3. The van der Waals surface area contributed by atoms with Crippen molar-refractivity contribution in [3.8, 4) is 39.7 Å². The van der Waals surface area contributed by atoms with Gasteiger partial charge >= 0.3 is 12.4 Å². The fourth-order valence-corrected chi connectivity index (χ4v) is 9.92. The number of alkyl halides is 6. The van der Waals surface area contributed by atoms with Gasteiger partial charge in [-0.25, -0.2) is 0 Å². The molecule has 0 aliphatic carbocycles. The number of rotatable bonds is 4. The molecule has 0 atom stereocenters. The molecule has 9 heteroatoms. The topological polar surface area (TPSA) is 33.6 Å². The zero-order valence-corrected chi connectivity index (χ0v) is 41.7. The molecular weight excluding hydrogens is 889 g/mol. The third kappa shape index (κ3) is 8.23. The van der Waals surface area contributed by atoms with Gasteiger partial charge in [0, 0.05) is 32.7 Å². The smallest absolute Gasteiger partial charge is 0.309 e. The van der Waals surface area contributed by atoms with Crippen molar-refractivity contribution in [3.05, 3.63) is 166 Å². The predicted octanol–water partition coefficient (Wildman–Crippen LogP) is 18.3. The minimum atomic E-state index is -5.19. The molecule has 7 aromatic carbocycles. The molecule has 2 aromatic heterocycles. The average Bonchev–Trinajstić information content (AvgIpc) is 3.78. The normalized spacial score (nSPS) is 13.3. The second-order valence-corrected chi connectivity index (χ2v) is 22.9. The molecule has 9 rings (SSSR count). The lowest BCUT2D eigenvalue weighted by atomic mass is 9.85. The van der Waals surface area contributed by atoms with E-state index in [1.165, 1.54) is 6.07 Å². The summed E-state index contributed by atoms with van der Waals surface area (Å²) in [4.78, 5) is 0. The highest BCUT2D eigenvalue weighted by atomic mass is 19.4. The molecule has 0 aliphatic heterocycles. The molecule has 0 N–H and O–H groups in total. The maximum atomic E-state index is 15.5. The lowest BCUT2D eigenvalue weighted by Gasteiger charge is -2.25. The molecule has 0 saturated heterocycles. The van der Waals surface area contributed by atoms with E-state index in [9.17, 15) is 18.4 Å². The zero-order valence-electron chi connectivity index (χ0n) is 41.7. The number of nitriles is 1. The molecule has 0 unspecified atom stereocenters. The van der Waals surface area contributed by atoms with Crippen LogP contribution in [0, 0.1) is 11.3 Å². The summed E-state index contributed by atoms with van der Waals surface area (Å²) in [6.07, 6.45) is -10.2. The van der Waals surface area contributed by atoms with Gasteiger partial charge in [0.05, 0.1) is 56.2 Å². The van der Waals surface area contributed by atoms with E-state index in [1.807, 2.05) is 28.8 Å². The number of fused-ring (bicyclic) bond motifs is 6. The maximum absolute atomic E-state index is 15.5. The van der Waals surface area contributed by atoms with Crippen LogP contribution in [0.15, 0.2) is 127 Å². The van der Waals surface area contributed by atoms with Crippen LogP contribution in [-0.4, -0.2) is 9.13 Å². The van der Waals surface area contributed by atoms with E-state index in [-0.39, 0.29) is 44.4 Å². The molecule has 9 aromatic rings. The summed E-state index contributed by atoms with van der Waals surface area (Å²) in [7, 11) is 0. The second kappa shape index (κ2) is 16.1. The third-order valence-corrected chi connectivity index (χ3v) is 13.9. The van der Waals surface area contributed by atoms with Gasteiger partial charge in [0.1, 0.15) is 0 Å². The van der Waals surface area contributed by atoms with Crippen molar-refractivity contribution in [1.29, 1.82) is 5.26 Å². The van der Waals surface area contributed by atoms with Crippen molar-refractivity contribution in [2.75, 3.05) is 0 Å². The molecule has 3 nitrogen and oxygen atoms in total. The van der Waals surface area contributed by atoms with Gasteiger partial charge in [-0.2, -0.15) is 31.6 Å². The van der Waals surface area contributed by atoms with E-state index in [4.69, 9.17) is 0 Å². The lowest BCUT2D eigenvalue weighted by molar-refractivity contribution is -0.142. The summed E-state index contributed by atoms with van der Waals surface area (Å²) < 4.78 is 93.6. The molecular formula is C61H57F6N3. The first-order valence-corrected chi connectivity index (χ1v) is 23.6. The predicted molar refractivity (Wildman–Crippen MR) is 276 cm³/mol. The van der Waals surface area contributed by atoms with Crippen LogP contribution in [-0.2, 0) is 34.0 Å². The van der Waals surface area contributed by atoms with E-state index < -0.39 is 29.0 Å². The molecule has 0 aliphatic rings. The molecule has 0 saturated carbocycles. The largest absolute Gasteiger partial charge is 0.417 e. The number of aromatic nitrogens is 2. The second-order valence-electron chi connectivity index (χ2n) is 22.9. The van der Waals surface area contributed by atoms with Crippen LogP contribution in [0.3, 0.4) is 0 Å². The van der Waals surface area contributed by atoms with Crippen molar-refractivity contribution >= 4 is 43.6 Å². The number of halogens is 6. The van der Waals surface area contributed by atoms with Crippen molar-refractivity contribution in [3.63, 3.8) is 0 Å². The minimum absolute atomic E-state index is 0.0147.